The molecule has 2 heterocycles. The first-order valence-electron chi connectivity index (χ1n) is 9.06. The summed E-state index contributed by atoms with van der Waals surface area (Å²) in [6.45, 7) is 6.99. The first kappa shape index (κ1) is 16.6. The summed E-state index contributed by atoms with van der Waals surface area (Å²) in [7, 11) is 0. The fraction of sp³-hybridized carbons (Fsp3) is 0.476. The largest absolute Gasteiger partial charge is 0.508 e. The maximum Gasteiger partial charge on any atom is 0.225 e. The van der Waals surface area contributed by atoms with Gasteiger partial charge in [-0.05, 0) is 59.4 Å². The highest BCUT2D eigenvalue weighted by Gasteiger charge is 2.37. The van der Waals surface area contributed by atoms with E-state index in [0.717, 1.165) is 23.4 Å². The highest BCUT2D eigenvalue weighted by molar-refractivity contribution is 7.16. The normalized spacial score (nSPS) is 22.9. The Bertz CT molecular complexity index is 814. The molecule has 0 saturated carbocycles. The molecule has 0 fully saturated rings. The van der Waals surface area contributed by atoms with Crippen LogP contribution < -0.4 is 5.32 Å². The molecule has 1 aromatic carbocycles. The van der Waals surface area contributed by atoms with Crippen molar-refractivity contribution in [1.29, 1.82) is 0 Å². The molecule has 0 radical (unpaired) electrons. The van der Waals surface area contributed by atoms with Gasteiger partial charge in [-0.1, -0.05) is 32.9 Å². The van der Waals surface area contributed by atoms with Gasteiger partial charge in [0.05, 0.1) is 5.00 Å². The number of amides is 1. The van der Waals surface area contributed by atoms with Gasteiger partial charge in [-0.25, -0.2) is 0 Å². The number of hydrogen-bond acceptors (Lipinski definition) is 3. The Morgan fingerprint density at radius 1 is 1.16 bits per heavy atom. The average molecular weight is 356 g/mol. The summed E-state index contributed by atoms with van der Waals surface area (Å²) in [6.07, 6.45) is 3.93. The summed E-state index contributed by atoms with van der Waals surface area (Å²) in [5, 5.41) is 13.7. The summed E-state index contributed by atoms with van der Waals surface area (Å²) < 4.78 is 0. The SMILES string of the molecule is CC(C)(C)[C@@H]1CCc2c(sc3c2[C@H](c2ccc(O)cc2)CC(=O)N3)C1. The number of anilines is 1. The third-order valence-corrected chi connectivity index (χ3v) is 7.00. The van der Waals surface area contributed by atoms with Gasteiger partial charge in [0.25, 0.3) is 0 Å². The number of nitrogens with one attached hydrogen (secondary N) is 1. The van der Waals surface area contributed by atoms with Crippen molar-refractivity contribution >= 4 is 22.2 Å². The number of thiophene rings is 1. The lowest BCUT2D eigenvalue weighted by atomic mass is 9.71. The van der Waals surface area contributed by atoms with Gasteiger partial charge in [-0.3, -0.25) is 4.79 Å². The van der Waals surface area contributed by atoms with E-state index in [2.05, 4.69) is 26.1 Å². The zero-order valence-corrected chi connectivity index (χ0v) is 15.9. The molecular weight excluding hydrogens is 330 g/mol. The van der Waals surface area contributed by atoms with E-state index in [-0.39, 0.29) is 17.6 Å². The number of phenols is 1. The van der Waals surface area contributed by atoms with E-state index in [0.29, 0.717) is 17.8 Å². The number of fused-ring (bicyclic) bond motifs is 3. The first-order valence-corrected chi connectivity index (χ1v) is 9.88. The Morgan fingerprint density at radius 3 is 2.56 bits per heavy atom. The summed E-state index contributed by atoms with van der Waals surface area (Å²) in [6, 6.07) is 7.34. The van der Waals surface area contributed by atoms with Crippen LogP contribution in [0.2, 0.25) is 0 Å². The van der Waals surface area contributed by atoms with E-state index in [9.17, 15) is 9.90 Å². The van der Waals surface area contributed by atoms with Crippen LogP contribution in [0.15, 0.2) is 24.3 Å². The summed E-state index contributed by atoms with van der Waals surface area (Å²) in [5.41, 5.74) is 4.24. The molecule has 0 spiro atoms. The van der Waals surface area contributed by atoms with Crippen LogP contribution in [-0.2, 0) is 17.6 Å². The molecule has 1 aliphatic heterocycles. The van der Waals surface area contributed by atoms with Crippen LogP contribution in [0.5, 0.6) is 5.75 Å². The highest BCUT2D eigenvalue weighted by Crippen LogP contribution is 2.50. The van der Waals surface area contributed by atoms with Crippen LogP contribution in [0.25, 0.3) is 0 Å². The lowest BCUT2D eigenvalue weighted by molar-refractivity contribution is -0.116. The van der Waals surface area contributed by atoms with Gasteiger partial charge >= 0.3 is 0 Å². The fourth-order valence-electron chi connectivity index (χ4n) is 4.27. The van der Waals surface area contributed by atoms with Gasteiger partial charge in [0.15, 0.2) is 0 Å². The third kappa shape index (κ3) is 2.97. The van der Waals surface area contributed by atoms with Gasteiger partial charge in [0, 0.05) is 17.2 Å². The Kier molecular flexibility index (Phi) is 3.91. The van der Waals surface area contributed by atoms with Gasteiger partial charge < -0.3 is 10.4 Å². The predicted molar refractivity (Wildman–Crippen MR) is 102 cm³/mol. The molecule has 2 atom stereocenters. The smallest absolute Gasteiger partial charge is 0.225 e. The minimum atomic E-state index is 0.0940. The van der Waals surface area contributed by atoms with Crippen molar-refractivity contribution in [2.24, 2.45) is 11.3 Å². The second kappa shape index (κ2) is 5.87. The van der Waals surface area contributed by atoms with Gasteiger partial charge in [0.2, 0.25) is 5.91 Å². The molecule has 4 heteroatoms. The van der Waals surface area contributed by atoms with Crippen molar-refractivity contribution in [3.8, 4) is 5.75 Å². The Balaban J connectivity index is 1.76. The molecule has 2 N–H and O–H groups in total. The topological polar surface area (TPSA) is 49.3 Å². The molecule has 2 aromatic rings. The number of aromatic hydroxyl groups is 1. The quantitative estimate of drug-likeness (QED) is 0.749. The van der Waals surface area contributed by atoms with E-state index < -0.39 is 0 Å². The molecule has 1 amide bonds. The summed E-state index contributed by atoms with van der Waals surface area (Å²) in [4.78, 5) is 13.7. The van der Waals surface area contributed by atoms with Crippen LogP contribution in [0.4, 0.5) is 5.00 Å². The maximum atomic E-state index is 12.3. The molecule has 0 unspecified atom stereocenters. The molecular formula is C21H25NO2S. The van der Waals surface area contributed by atoms with E-state index in [1.54, 1.807) is 23.5 Å². The number of phenolic OH excluding ortho intramolecular Hbond substituents is 1. The molecule has 1 aromatic heterocycles. The minimum Gasteiger partial charge on any atom is -0.508 e. The number of benzene rings is 1. The number of carbonyl (C=O) groups is 1. The second-order valence-electron chi connectivity index (χ2n) is 8.45. The Labute approximate surface area is 153 Å². The van der Waals surface area contributed by atoms with Crippen molar-refractivity contribution in [2.75, 3.05) is 5.32 Å². The van der Waals surface area contributed by atoms with Crippen LogP contribution in [0.3, 0.4) is 0 Å². The van der Waals surface area contributed by atoms with Crippen LogP contribution in [-0.4, -0.2) is 11.0 Å². The van der Waals surface area contributed by atoms with Crippen molar-refractivity contribution in [1.82, 2.24) is 0 Å². The average Bonchev–Trinajstić information content (AvgIpc) is 2.91. The van der Waals surface area contributed by atoms with Crippen LogP contribution >= 0.6 is 11.3 Å². The van der Waals surface area contributed by atoms with Crippen molar-refractivity contribution in [3.63, 3.8) is 0 Å². The van der Waals surface area contributed by atoms with Gasteiger partial charge in [-0.15, -0.1) is 11.3 Å². The van der Waals surface area contributed by atoms with Crippen molar-refractivity contribution < 1.29 is 9.90 Å². The first-order chi connectivity index (χ1) is 11.8. The maximum absolute atomic E-state index is 12.3. The molecule has 132 valence electrons. The van der Waals surface area contributed by atoms with E-state index in [4.69, 9.17) is 0 Å². The second-order valence-corrected chi connectivity index (χ2v) is 9.55. The monoisotopic (exact) mass is 355 g/mol. The third-order valence-electron chi connectivity index (χ3n) is 5.82. The zero-order valence-electron chi connectivity index (χ0n) is 15.1. The zero-order chi connectivity index (χ0) is 17.8. The minimum absolute atomic E-state index is 0.0940. The highest BCUT2D eigenvalue weighted by atomic mass is 32.1. The number of rotatable bonds is 1. The van der Waals surface area contributed by atoms with Crippen LogP contribution in [0.1, 0.15) is 61.1 Å². The molecule has 0 bridgehead atoms. The van der Waals surface area contributed by atoms with E-state index in [1.165, 1.54) is 22.4 Å². The molecule has 1 aliphatic carbocycles. The van der Waals surface area contributed by atoms with Crippen molar-refractivity contribution in [2.45, 2.75) is 52.4 Å². The van der Waals surface area contributed by atoms with Gasteiger partial charge in [0.1, 0.15) is 5.75 Å². The molecule has 4 rings (SSSR count). The lowest BCUT2D eigenvalue weighted by Crippen LogP contribution is -2.27. The molecule has 0 saturated heterocycles. The lowest BCUT2D eigenvalue weighted by Gasteiger charge is -2.34. The molecule has 25 heavy (non-hydrogen) atoms. The molecule has 2 aliphatic rings. The number of carbonyl (C=O) groups excluding carboxylic acids is 1. The Hall–Kier alpha value is -1.81. The number of hydrogen-bond donors (Lipinski definition) is 2. The molecule has 3 nitrogen and oxygen atoms in total. The van der Waals surface area contributed by atoms with E-state index >= 15 is 0 Å². The Morgan fingerprint density at radius 2 is 1.88 bits per heavy atom. The summed E-state index contributed by atoms with van der Waals surface area (Å²) >= 11 is 1.78. The van der Waals surface area contributed by atoms with Gasteiger partial charge in [-0.2, -0.15) is 0 Å². The standard InChI is InChI=1S/C21H25NO2S/c1-21(2,3)13-6-9-15-17(10-13)25-20-19(15)16(11-18(24)22-20)12-4-7-14(23)8-5-12/h4-5,7-8,13,16,23H,6,9-11H2,1-3H3,(H,22,24)/t13-,16+/m1/s1. The van der Waals surface area contributed by atoms with E-state index in [1.807, 2.05) is 12.1 Å². The van der Waals surface area contributed by atoms with Crippen molar-refractivity contribution in [3.05, 3.63) is 45.8 Å². The predicted octanol–water partition coefficient (Wildman–Crippen LogP) is 5.08. The fourth-order valence-corrected chi connectivity index (χ4v) is 5.67. The summed E-state index contributed by atoms with van der Waals surface area (Å²) in [5.74, 6) is 1.17. The van der Waals surface area contributed by atoms with Crippen LogP contribution in [0, 0.1) is 11.3 Å².